The van der Waals surface area contributed by atoms with Gasteiger partial charge in [-0.1, -0.05) is 30.3 Å². The monoisotopic (exact) mass is 285 g/mol. The molecule has 2 rings (SSSR count). The lowest BCUT2D eigenvalue weighted by molar-refractivity contribution is -0.126. The molecule has 1 heterocycles. The zero-order valence-electron chi connectivity index (χ0n) is 12.4. The Balaban J connectivity index is 2.24. The Morgan fingerprint density at radius 3 is 2.43 bits per heavy atom. The maximum absolute atomic E-state index is 11.6. The molecule has 0 aliphatic carbocycles. The van der Waals surface area contributed by atoms with Crippen LogP contribution in [0.2, 0.25) is 0 Å². The van der Waals surface area contributed by atoms with Crippen LogP contribution in [0.3, 0.4) is 0 Å². The number of hydrogen-bond donors (Lipinski definition) is 2. The summed E-state index contributed by atoms with van der Waals surface area (Å²) in [6, 6.07) is 11.5. The maximum atomic E-state index is 11.6. The molecule has 2 aromatic rings. The highest BCUT2D eigenvalue weighted by Gasteiger charge is 2.08. The fourth-order valence-corrected chi connectivity index (χ4v) is 1.71. The summed E-state index contributed by atoms with van der Waals surface area (Å²) in [4.78, 5) is 22.0. The van der Waals surface area contributed by atoms with Gasteiger partial charge in [-0.05, 0) is 0 Å². The van der Waals surface area contributed by atoms with Gasteiger partial charge >= 0.3 is 0 Å². The molecule has 1 aromatic carbocycles. The lowest BCUT2D eigenvalue weighted by Gasteiger charge is -2.12. The lowest BCUT2D eigenvalue weighted by Crippen LogP contribution is -2.28. The molecule has 0 bridgehead atoms. The second-order valence-corrected chi connectivity index (χ2v) is 4.72. The van der Waals surface area contributed by atoms with Crippen molar-refractivity contribution < 1.29 is 4.79 Å². The Morgan fingerprint density at radius 2 is 1.81 bits per heavy atom. The van der Waals surface area contributed by atoms with Gasteiger partial charge in [-0.3, -0.25) is 4.79 Å². The largest absolute Gasteiger partial charge is 0.373 e. The highest BCUT2D eigenvalue weighted by Crippen LogP contribution is 2.19. The van der Waals surface area contributed by atoms with Crippen LogP contribution in [0.4, 0.5) is 11.6 Å². The number of anilines is 2. The minimum atomic E-state index is -0.0131. The fourth-order valence-electron chi connectivity index (χ4n) is 1.71. The molecule has 0 aliphatic heterocycles. The number of rotatable bonds is 5. The van der Waals surface area contributed by atoms with E-state index in [0.717, 1.165) is 5.56 Å². The zero-order chi connectivity index (χ0) is 15.2. The van der Waals surface area contributed by atoms with E-state index in [1.54, 1.807) is 27.2 Å². The van der Waals surface area contributed by atoms with Crippen molar-refractivity contribution in [2.24, 2.45) is 0 Å². The predicted molar refractivity (Wildman–Crippen MR) is 84.2 cm³/mol. The Bertz CT molecular complexity index is 613. The smallest absolute Gasteiger partial charge is 0.241 e. The van der Waals surface area contributed by atoms with Crippen molar-refractivity contribution in [1.29, 1.82) is 0 Å². The van der Waals surface area contributed by atoms with Gasteiger partial charge in [-0.25, -0.2) is 9.97 Å². The summed E-state index contributed by atoms with van der Waals surface area (Å²) >= 11 is 0. The van der Waals surface area contributed by atoms with Gasteiger partial charge in [0.2, 0.25) is 5.91 Å². The molecule has 0 fully saturated rings. The first-order valence-corrected chi connectivity index (χ1v) is 6.66. The van der Waals surface area contributed by atoms with Gasteiger partial charge in [0, 0.05) is 32.8 Å². The normalized spacial score (nSPS) is 10.0. The molecular formula is C15H19N5O. The van der Waals surface area contributed by atoms with Gasteiger partial charge in [0.05, 0.1) is 6.54 Å². The van der Waals surface area contributed by atoms with Crippen molar-refractivity contribution in [3.05, 3.63) is 36.4 Å². The van der Waals surface area contributed by atoms with Gasteiger partial charge in [0.15, 0.2) is 5.82 Å². The van der Waals surface area contributed by atoms with E-state index in [1.165, 1.54) is 4.90 Å². The number of likely N-dealkylation sites (N-methyl/N-ethyl adjacent to an activating group) is 1. The van der Waals surface area contributed by atoms with Crippen LogP contribution in [0.5, 0.6) is 0 Å². The number of nitrogens with one attached hydrogen (secondary N) is 2. The highest BCUT2D eigenvalue weighted by molar-refractivity contribution is 5.80. The number of carbonyl (C=O) groups is 1. The average Bonchev–Trinajstić information content (AvgIpc) is 2.52. The molecular weight excluding hydrogens is 266 g/mol. The number of benzene rings is 1. The molecule has 0 aliphatic rings. The molecule has 0 saturated heterocycles. The van der Waals surface area contributed by atoms with Crippen LogP contribution in [-0.4, -0.2) is 48.5 Å². The van der Waals surface area contributed by atoms with E-state index < -0.39 is 0 Å². The highest BCUT2D eigenvalue weighted by atomic mass is 16.2. The van der Waals surface area contributed by atoms with Gasteiger partial charge in [-0.2, -0.15) is 0 Å². The van der Waals surface area contributed by atoms with E-state index in [9.17, 15) is 4.79 Å². The summed E-state index contributed by atoms with van der Waals surface area (Å²) in [6.07, 6.45) is 0. The van der Waals surface area contributed by atoms with Crippen molar-refractivity contribution in [3.63, 3.8) is 0 Å². The van der Waals surface area contributed by atoms with E-state index in [4.69, 9.17) is 0 Å². The van der Waals surface area contributed by atoms with Gasteiger partial charge in [0.1, 0.15) is 11.6 Å². The molecule has 0 atom stereocenters. The summed E-state index contributed by atoms with van der Waals surface area (Å²) < 4.78 is 0. The minimum Gasteiger partial charge on any atom is -0.373 e. The Labute approximate surface area is 124 Å². The fraction of sp³-hybridized carbons (Fsp3) is 0.267. The SMILES string of the molecule is CNc1cc(NCC(=O)N(C)C)nc(-c2ccccc2)n1. The van der Waals surface area contributed by atoms with Crippen molar-refractivity contribution >= 4 is 17.5 Å². The van der Waals surface area contributed by atoms with Crippen molar-refractivity contribution in [2.45, 2.75) is 0 Å². The lowest BCUT2D eigenvalue weighted by atomic mass is 10.2. The molecule has 6 heteroatoms. The summed E-state index contributed by atoms with van der Waals surface area (Å²) in [5, 5.41) is 6.03. The summed E-state index contributed by atoms with van der Waals surface area (Å²) in [5.41, 5.74) is 0.927. The van der Waals surface area contributed by atoms with Crippen LogP contribution in [0.25, 0.3) is 11.4 Å². The van der Waals surface area contributed by atoms with E-state index in [0.29, 0.717) is 17.5 Å². The predicted octanol–water partition coefficient (Wildman–Crippen LogP) is 1.69. The molecule has 1 amide bonds. The van der Waals surface area contributed by atoms with Crippen LogP contribution in [0, 0.1) is 0 Å². The molecule has 0 unspecified atom stereocenters. The Hall–Kier alpha value is -2.63. The Kier molecular flexibility index (Phi) is 4.71. The number of hydrogen-bond acceptors (Lipinski definition) is 5. The maximum Gasteiger partial charge on any atom is 0.241 e. The van der Waals surface area contributed by atoms with Crippen molar-refractivity contribution in [2.75, 3.05) is 38.3 Å². The first kappa shape index (κ1) is 14.8. The molecule has 0 spiro atoms. The van der Waals surface area contributed by atoms with E-state index in [1.807, 2.05) is 30.3 Å². The topological polar surface area (TPSA) is 70.2 Å². The third-order valence-electron chi connectivity index (χ3n) is 2.93. The van der Waals surface area contributed by atoms with E-state index in [-0.39, 0.29) is 12.5 Å². The molecule has 0 saturated carbocycles. The number of nitrogens with zero attached hydrogens (tertiary/aromatic N) is 3. The first-order chi connectivity index (χ1) is 10.1. The van der Waals surface area contributed by atoms with Crippen molar-refractivity contribution in [1.82, 2.24) is 14.9 Å². The van der Waals surface area contributed by atoms with Gasteiger partial charge < -0.3 is 15.5 Å². The Morgan fingerprint density at radius 1 is 1.14 bits per heavy atom. The molecule has 1 aromatic heterocycles. The van der Waals surface area contributed by atoms with Gasteiger partial charge in [-0.15, -0.1) is 0 Å². The quantitative estimate of drug-likeness (QED) is 0.874. The molecule has 6 nitrogen and oxygen atoms in total. The second-order valence-electron chi connectivity index (χ2n) is 4.72. The van der Waals surface area contributed by atoms with Gasteiger partial charge in [0.25, 0.3) is 0 Å². The summed E-state index contributed by atoms with van der Waals surface area (Å²) in [7, 11) is 5.24. The van der Waals surface area contributed by atoms with Crippen LogP contribution in [0.15, 0.2) is 36.4 Å². The summed E-state index contributed by atoms with van der Waals surface area (Å²) in [6.45, 7) is 0.196. The van der Waals surface area contributed by atoms with Crippen LogP contribution >= 0.6 is 0 Å². The molecule has 0 radical (unpaired) electrons. The number of amides is 1. The number of carbonyl (C=O) groups excluding carboxylic acids is 1. The third-order valence-corrected chi connectivity index (χ3v) is 2.93. The second kappa shape index (κ2) is 6.69. The van der Waals surface area contributed by atoms with E-state index >= 15 is 0 Å². The average molecular weight is 285 g/mol. The van der Waals surface area contributed by atoms with Crippen LogP contribution < -0.4 is 10.6 Å². The number of aromatic nitrogens is 2. The molecule has 110 valence electrons. The molecule has 21 heavy (non-hydrogen) atoms. The van der Waals surface area contributed by atoms with Crippen molar-refractivity contribution in [3.8, 4) is 11.4 Å². The summed E-state index contributed by atoms with van der Waals surface area (Å²) in [5.74, 6) is 1.91. The van der Waals surface area contributed by atoms with Crippen LogP contribution in [-0.2, 0) is 4.79 Å². The van der Waals surface area contributed by atoms with Crippen LogP contribution in [0.1, 0.15) is 0 Å². The minimum absolute atomic E-state index is 0.0131. The van der Waals surface area contributed by atoms with E-state index in [2.05, 4.69) is 20.6 Å². The standard InChI is InChI=1S/C15H19N5O/c1-16-12-9-13(17-10-14(21)20(2)3)19-15(18-12)11-7-5-4-6-8-11/h4-9H,10H2,1-3H3,(H2,16,17,18,19). The molecule has 2 N–H and O–H groups in total. The zero-order valence-corrected chi connectivity index (χ0v) is 12.4. The third kappa shape index (κ3) is 3.92. The first-order valence-electron chi connectivity index (χ1n) is 6.66.